The van der Waals surface area contributed by atoms with E-state index in [1.54, 1.807) is 0 Å². The maximum Gasteiger partial charge on any atom is 0.407 e. The highest BCUT2D eigenvalue weighted by Gasteiger charge is 2.40. The van der Waals surface area contributed by atoms with Gasteiger partial charge in [0.15, 0.2) is 0 Å². The van der Waals surface area contributed by atoms with E-state index in [1.165, 1.54) is 5.56 Å². The minimum Gasteiger partial charge on any atom is -0.449 e. The maximum absolute atomic E-state index is 13.2. The van der Waals surface area contributed by atoms with Crippen LogP contribution < -0.4 is 5.32 Å². The summed E-state index contributed by atoms with van der Waals surface area (Å²) >= 11 is 6.03. The number of hydrogen-bond acceptors (Lipinski definition) is 3. The molecule has 0 spiro atoms. The molecule has 0 aliphatic carbocycles. The molecule has 2 amide bonds. The third-order valence-electron chi connectivity index (χ3n) is 5.57. The van der Waals surface area contributed by atoms with Crippen LogP contribution >= 0.6 is 11.6 Å². The number of rotatable bonds is 6. The first-order valence-corrected chi connectivity index (χ1v) is 10.9. The summed E-state index contributed by atoms with van der Waals surface area (Å²) in [6, 6.07) is 7.42. The number of carbonyl (C=O) groups excluding carboxylic acids is 2. The van der Waals surface area contributed by atoms with Crippen LogP contribution in [-0.4, -0.2) is 42.6 Å². The van der Waals surface area contributed by atoms with Crippen LogP contribution in [0.5, 0.6) is 0 Å². The maximum atomic E-state index is 13.2. The normalized spacial score (nSPS) is 19.9. The molecule has 1 aromatic rings. The standard InChI is InChI=1S/C23H35ClN2O3/c1-15(2)13-29-22(28)25-20(16(3)4)21(27)26-12-11-19(23(5,6)14-26)17-7-9-18(24)10-8-17/h7-10,15-16,19-20H,11-14H2,1-6H3,(H,25,28)/t19-,20-/m1/s1. The van der Waals surface area contributed by atoms with Crippen LogP contribution in [0.3, 0.4) is 0 Å². The summed E-state index contributed by atoms with van der Waals surface area (Å²) < 4.78 is 5.22. The summed E-state index contributed by atoms with van der Waals surface area (Å²) in [6.45, 7) is 13.9. The summed E-state index contributed by atoms with van der Waals surface area (Å²) in [4.78, 5) is 27.2. The number of carbonyl (C=O) groups is 2. The van der Waals surface area contributed by atoms with Gasteiger partial charge in [-0.15, -0.1) is 0 Å². The predicted molar refractivity (Wildman–Crippen MR) is 117 cm³/mol. The molecule has 0 unspecified atom stereocenters. The molecule has 0 bridgehead atoms. The highest BCUT2D eigenvalue weighted by Crippen LogP contribution is 2.42. The van der Waals surface area contributed by atoms with Gasteiger partial charge in [-0.1, -0.05) is 65.3 Å². The van der Waals surface area contributed by atoms with E-state index in [0.29, 0.717) is 25.6 Å². The number of benzene rings is 1. The lowest BCUT2D eigenvalue weighted by atomic mass is 9.70. The van der Waals surface area contributed by atoms with Crippen molar-refractivity contribution in [2.45, 2.75) is 59.9 Å². The second-order valence-electron chi connectivity index (χ2n) is 9.50. The number of halogens is 1. The van der Waals surface area contributed by atoms with Crippen LogP contribution in [0.4, 0.5) is 4.79 Å². The van der Waals surface area contributed by atoms with E-state index in [0.717, 1.165) is 11.4 Å². The van der Waals surface area contributed by atoms with Crippen molar-refractivity contribution in [2.24, 2.45) is 17.3 Å². The summed E-state index contributed by atoms with van der Waals surface area (Å²) in [5.41, 5.74) is 1.17. The highest BCUT2D eigenvalue weighted by atomic mass is 35.5. The third kappa shape index (κ3) is 6.36. The molecule has 0 aromatic heterocycles. The third-order valence-corrected chi connectivity index (χ3v) is 5.82. The fraction of sp³-hybridized carbons (Fsp3) is 0.652. The van der Waals surface area contributed by atoms with Gasteiger partial charge < -0.3 is 15.0 Å². The Balaban J connectivity index is 2.06. The largest absolute Gasteiger partial charge is 0.449 e. The summed E-state index contributed by atoms with van der Waals surface area (Å²) in [7, 11) is 0. The number of piperidine rings is 1. The predicted octanol–water partition coefficient (Wildman–Crippen LogP) is 5.09. The van der Waals surface area contributed by atoms with E-state index >= 15 is 0 Å². The van der Waals surface area contributed by atoms with Crippen LogP contribution in [0.25, 0.3) is 0 Å². The molecule has 1 saturated heterocycles. The van der Waals surface area contributed by atoms with Gasteiger partial charge in [0.2, 0.25) is 5.91 Å². The Labute approximate surface area is 180 Å². The SMILES string of the molecule is CC(C)COC(=O)N[C@@H](C(=O)N1CC[C@H](c2ccc(Cl)cc2)C(C)(C)C1)C(C)C. The van der Waals surface area contributed by atoms with Gasteiger partial charge in [0.05, 0.1) is 6.61 Å². The fourth-order valence-corrected chi connectivity index (χ4v) is 4.11. The van der Waals surface area contributed by atoms with E-state index in [-0.39, 0.29) is 23.2 Å². The van der Waals surface area contributed by atoms with Crippen molar-refractivity contribution in [1.29, 1.82) is 0 Å². The smallest absolute Gasteiger partial charge is 0.407 e. The van der Waals surface area contributed by atoms with Crippen molar-refractivity contribution >= 4 is 23.6 Å². The number of amides is 2. The van der Waals surface area contributed by atoms with Crippen molar-refractivity contribution in [1.82, 2.24) is 10.2 Å². The van der Waals surface area contributed by atoms with Gasteiger partial charge in [-0.05, 0) is 47.3 Å². The van der Waals surface area contributed by atoms with E-state index < -0.39 is 12.1 Å². The number of alkyl carbamates (subject to hydrolysis) is 1. The molecule has 1 fully saturated rings. The molecule has 1 heterocycles. The Bertz CT molecular complexity index is 701. The first-order chi connectivity index (χ1) is 13.5. The molecule has 1 N–H and O–H groups in total. The van der Waals surface area contributed by atoms with E-state index in [2.05, 4.69) is 31.3 Å². The lowest BCUT2D eigenvalue weighted by Crippen LogP contribution is -2.56. The molecule has 2 rings (SSSR count). The Morgan fingerprint density at radius 3 is 2.34 bits per heavy atom. The van der Waals surface area contributed by atoms with Gasteiger partial charge in [-0.3, -0.25) is 4.79 Å². The lowest BCUT2D eigenvalue weighted by molar-refractivity contribution is -0.138. The van der Waals surface area contributed by atoms with Gasteiger partial charge in [-0.25, -0.2) is 4.79 Å². The lowest BCUT2D eigenvalue weighted by Gasteiger charge is -2.45. The van der Waals surface area contributed by atoms with Crippen LogP contribution in [0, 0.1) is 17.3 Å². The van der Waals surface area contributed by atoms with E-state index in [1.807, 2.05) is 44.7 Å². The quantitative estimate of drug-likeness (QED) is 0.694. The van der Waals surface area contributed by atoms with Crippen LogP contribution in [0.15, 0.2) is 24.3 Å². The minimum absolute atomic E-state index is 0.0220. The van der Waals surface area contributed by atoms with Crippen molar-refractivity contribution < 1.29 is 14.3 Å². The topological polar surface area (TPSA) is 58.6 Å². The number of nitrogens with zero attached hydrogens (tertiary/aromatic N) is 1. The zero-order valence-corrected chi connectivity index (χ0v) is 19.3. The van der Waals surface area contributed by atoms with Gasteiger partial charge in [0.1, 0.15) is 6.04 Å². The molecular weight excluding hydrogens is 388 g/mol. The highest BCUT2D eigenvalue weighted by molar-refractivity contribution is 6.30. The number of likely N-dealkylation sites (tertiary alicyclic amines) is 1. The van der Waals surface area contributed by atoms with Crippen molar-refractivity contribution in [3.8, 4) is 0 Å². The van der Waals surface area contributed by atoms with Crippen molar-refractivity contribution in [3.63, 3.8) is 0 Å². The molecule has 0 radical (unpaired) electrons. The molecule has 2 atom stereocenters. The molecule has 5 nitrogen and oxygen atoms in total. The molecular formula is C23H35ClN2O3. The molecule has 1 aromatic carbocycles. The number of hydrogen-bond donors (Lipinski definition) is 1. The van der Waals surface area contributed by atoms with Crippen molar-refractivity contribution in [2.75, 3.05) is 19.7 Å². The second-order valence-corrected chi connectivity index (χ2v) is 9.94. The van der Waals surface area contributed by atoms with Crippen LogP contribution in [0.1, 0.15) is 59.4 Å². The molecule has 1 aliphatic heterocycles. The first-order valence-electron chi connectivity index (χ1n) is 10.5. The van der Waals surface area contributed by atoms with Crippen LogP contribution in [0.2, 0.25) is 5.02 Å². The first kappa shape index (κ1) is 23.5. The average Bonchev–Trinajstić information content (AvgIpc) is 2.63. The molecule has 29 heavy (non-hydrogen) atoms. The Morgan fingerprint density at radius 1 is 1.21 bits per heavy atom. The van der Waals surface area contributed by atoms with E-state index in [9.17, 15) is 9.59 Å². The Hall–Kier alpha value is -1.75. The number of nitrogens with one attached hydrogen (secondary N) is 1. The summed E-state index contributed by atoms with van der Waals surface area (Å²) in [6.07, 6.45) is 0.351. The zero-order chi connectivity index (χ0) is 21.8. The molecule has 162 valence electrons. The Morgan fingerprint density at radius 2 is 1.83 bits per heavy atom. The van der Waals surface area contributed by atoms with E-state index in [4.69, 9.17) is 16.3 Å². The van der Waals surface area contributed by atoms with Gasteiger partial charge >= 0.3 is 6.09 Å². The zero-order valence-electron chi connectivity index (χ0n) is 18.5. The second kappa shape index (κ2) is 9.84. The van der Waals surface area contributed by atoms with Gasteiger partial charge in [0, 0.05) is 18.1 Å². The number of ether oxygens (including phenoxy) is 1. The average molecular weight is 423 g/mol. The molecule has 1 aliphatic rings. The monoisotopic (exact) mass is 422 g/mol. The molecule has 0 saturated carbocycles. The van der Waals surface area contributed by atoms with Gasteiger partial charge in [0.25, 0.3) is 0 Å². The minimum atomic E-state index is -0.586. The van der Waals surface area contributed by atoms with Gasteiger partial charge in [-0.2, -0.15) is 0 Å². The Kier molecular flexibility index (Phi) is 7.98. The summed E-state index contributed by atoms with van der Waals surface area (Å²) in [5, 5.41) is 3.51. The summed E-state index contributed by atoms with van der Waals surface area (Å²) in [5.74, 6) is 0.544. The van der Waals surface area contributed by atoms with Crippen molar-refractivity contribution in [3.05, 3.63) is 34.9 Å². The van der Waals surface area contributed by atoms with Crippen LogP contribution in [-0.2, 0) is 9.53 Å². The molecule has 6 heteroatoms. The fourth-order valence-electron chi connectivity index (χ4n) is 3.98.